The minimum atomic E-state index is 0.814. The summed E-state index contributed by atoms with van der Waals surface area (Å²) >= 11 is 3.46. The molecule has 0 amide bonds. The van der Waals surface area contributed by atoms with Gasteiger partial charge < -0.3 is 10.1 Å². The predicted molar refractivity (Wildman–Crippen MR) is 60.6 cm³/mol. The Morgan fingerprint density at radius 1 is 1.36 bits per heavy atom. The van der Waals surface area contributed by atoms with Crippen LogP contribution in [0.25, 0.3) is 0 Å². The van der Waals surface area contributed by atoms with Gasteiger partial charge in [-0.25, -0.2) is 0 Å². The zero-order valence-corrected chi connectivity index (χ0v) is 9.59. The van der Waals surface area contributed by atoms with Gasteiger partial charge in [0.15, 0.2) is 0 Å². The van der Waals surface area contributed by atoms with Gasteiger partial charge in [-0.15, -0.1) is 0 Å². The van der Waals surface area contributed by atoms with Crippen LogP contribution in [-0.2, 0) is 0 Å². The molecule has 1 saturated heterocycles. The van der Waals surface area contributed by atoms with E-state index in [9.17, 15) is 0 Å². The molecule has 0 atom stereocenters. The van der Waals surface area contributed by atoms with Gasteiger partial charge in [0.1, 0.15) is 5.75 Å². The normalized spacial score (nSPS) is 16.4. The molecule has 2 rings (SSSR count). The van der Waals surface area contributed by atoms with Crippen LogP contribution in [0.2, 0.25) is 0 Å². The van der Waals surface area contributed by atoms with Crippen LogP contribution in [-0.4, -0.2) is 19.7 Å². The van der Waals surface area contributed by atoms with Gasteiger partial charge in [-0.05, 0) is 53.5 Å². The minimum Gasteiger partial charge on any atom is -0.492 e. The largest absolute Gasteiger partial charge is 0.492 e. The average molecular weight is 256 g/mol. The molecule has 1 N–H and O–H groups in total. The molecule has 14 heavy (non-hydrogen) atoms. The lowest BCUT2D eigenvalue weighted by Crippen LogP contribution is -2.42. The van der Waals surface area contributed by atoms with E-state index in [-0.39, 0.29) is 0 Å². The monoisotopic (exact) mass is 255 g/mol. The van der Waals surface area contributed by atoms with Crippen LogP contribution in [0.1, 0.15) is 6.42 Å². The predicted octanol–water partition coefficient (Wildman–Crippen LogP) is 2.44. The summed E-state index contributed by atoms with van der Waals surface area (Å²) in [5.74, 6) is 1.76. The van der Waals surface area contributed by atoms with Gasteiger partial charge in [0.2, 0.25) is 0 Å². The zero-order valence-electron chi connectivity index (χ0n) is 8.00. The molecule has 3 heteroatoms. The van der Waals surface area contributed by atoms with E-state index in [1.165, 1.54) is 0 Å². The van der Waals surface area contributed by atoms with E-state index in [4.69, 9.17) is 4.74 Å². The molecule has 1 fully saturated rings. The van der Waals surface area contributed by atoms with Crippen molar-refractivity contribution in [2.24, 2.45) is 5.92 Å². The van der Waals surface area contributed by atoms with Crippen LogP contribution in [0.15, 0.2) is 28.7 Å². The molecule has 0 saturated carbocycles. The van der Waals surface area contributed by atoms with Crippen molar-refractivity contribution in [2.75, 3.05) is 19.7 Å². The van der Waals surface area contributed by atoms with Crippen molar-refractivity contribution in [3.8, 4) is 5.75 Å². The Balaban J connectivity index is 1.76. The van der Waals surface area contributed by atoms with Gasteiger partial charge in [-0.3, -0.25) is 0 Å². The molecule has 0 radical (unpaired) electrons. The fraction of sp³-hybridized carbons (Fsp3) is 0.455. The summed E-state index contributed by atoms with van der Waals surface area (Å²) in [6.07, 6.45) is 1.15. The molecule has 1 aliphatic heterocycles. The van der Waals surface area contributed by atoms with E-state index < -0.39 is 0 Å². The average Bonchev–Trinajstić information content (AvgIpc) is 2.12. The number of benzene rings is 1. The van der Waals surface area contributed by atoms with E-state index in [1.807, 2.05) is 24.3 Å². The van der Waals surface area contributed by atoms with Gasteiger partial charge in [-0.1, -0.05) is 12.1 Å². The van der Waals surface area contributed by atoms with Crippen molar-refractivity contribution in [3.63, 3.8) is 0 Å². The summed E-state index contributed by atoms with van der Waals surface area (Å²) in [5.41, 5.74) is 0. The Kier molecular flexibility index (Phi) is 3.43. The Morgan fingerprint density at radius 3 is 2.79 bits per heavy atom. The van der Waals surface area contributed by atoms with Crippen LogP contribution in [0.3, 0.4) is 0 Å². The zero-order chi connectivity index (χ0) is 9.80. The first-order chi connectivity index (χ1) is 6.86. The summed E-state index contributed by atoms with van der Waals surface area (Å²) < 4.78 is 6.70. The third-order valence-corrected chi connectivity index (χ3v) is 3.14. The number of hydrogen-bond donors (Lipinski definition) is 1. The highest BCUT2D eigenvalue weighted by molar-refractivity contribution is 9.10. The second kappa shape index (κ2) is 4.80. The van der Waals surface area contributed by atoms with E-state index in [2.05, 4.69) is 21.2 Å². The molecule has 0 spiro atoms. The van der Waals surface area contributed by atoms with Gasteiger partial charge in [0.05, 0.1) is 11.1 Å². The van der Waals surface area contributed by atoms with Gasteiger partial charge >= 0.3 is 0 Å². The lowest BCUT2D eigenvalue weighted by atomic mass is 10.0. The van der Waals surface area contributed by atoms with E-state index in [0.29, 0.717) is 0 Å². The fourth-order valence-electron chi connectivity index (χ4n) is 1.45. The number of halogens is 1. The summed E-state index contributed by atoms with van der Waals surface area (Å²) in [4.78, 5) is 0. The first kappa shape index (κ1) is 9.99. The molecular weight excluding hydrogens is 242 g/mol. The molecular formula is C11H14BrNO. The van der Waals surface area contributed by atoms with Crippen molar-refractivity contribution in [3.05, 3.63) is 28.7 Å². The van der Waals surface area contributed by atoms with Crippen LogP contribution in [0.5, 0.6) is 5.75 Å². The highest BCUT2D eigenvalue weighted by atomic mass is 79.9. The molecule has 0 aliphatic carbocycles. The fourth-order valence-corrected chi connectivity index (χ4v) is 1.85. The highest BCUT2D eigenvalue weighted by Crippen LogP contribution is 2.24. The van der Waals surface area contributed by atoms with Gasteiger partial charge in [0, 0.05) is 0 Å². The molecule has 1 aromatic rings. The Morgan fingerprint density at radius 2 is 2.14 bits per heavy atom. The van der Waals surface area contributed by atoms with E-state index in [0.717, 1.165) is 42.3 Å². The number of para-hydroxylation sites is 1. The highest BCUT2D eigenvalue weighted by Gasteiger charge is 2.16. The van der Waals surface area contributed by atoms with Crippen molar-refractivity contribution in [2.45, 2.75) is 6.42 Å². The van der Waals surface area contributed by atoms with Gasteiger partial charge in [-0.2, -0.15) is 0 Å². The van der Waals surface area contributed by atoms with E-state index in [1.54, 1.807) is 0 Å². The number of hydrogen-bond acceptors (Lipinski definition) is 2. The summed E-state index contributed by atoms with van der Waals surface area (Å²) in [6.45, 7) is 3.12. The molecule has 0 unspecified atom stereocenters. The number of rotatable bonds is 4. The maximum Gasteiger partial charge on any atom is 0.133 e. The molecule has 1 aliphatic rings. The number of nitrogens with one attached hydrogen (secondary N) is 1. The summed E-state index contributed by atoms with van der Waals surface area (Å²) in [6, 6.07) is 7.97. The SMILES string of the molecule is Brc1ccccc1OCCC1CNC1. The van der Waals surface area contributed by atoms with Crippen molar-refractivity contribution in [1.82, 2.24) is 5.32 Å². The smallest absolute Gasteiger partial charge is 0.133 e. The van der Waals surface area contributed by atoms with Gasteiger partial charge in [0.25, 0.3) is 0 Å². The van der Waals surface area contributed by atoms with Crippen LogP contribution in [0, 0.1) is 5.92 Å². The molecule has 1 heterocycles. The lowest BCUT2D eigenvalue weighted by molar-refractivity contribution is 0.237. The maximum atomic E-state index is 5.67. The minimum absolute atomic E-state index is 0.814. The van der Waals surface area contributed by atoms with Crippen LogP contribution >= 0.6 is 15.9 Å². The topological polar surface area (TPSA) is 21.3 Å². The van der Waals surface area contributed by atoms with Crippen LogP contribution < -0.4 is 10.1 Å². The number of ether oxygens (including phenoxy) is 1. The van der Waals surface area contributed by atoms with Crippen molar-refractivity contribution >= 4 is 15.9 Å². The third kappa shape index (κ3) is 2.49. The molecule has 1 aromatic carbocycles. The Bertz CT molecular complexity index is 299. The first-order valence-electron chi connectivity index (χ1n) is 4.94. The van der Waals surface area contributed by atoms with E-state index >= 15 is 0 Å². The second-order valence-corrected chi connectivity index (χ2v) is 4.45. The molecule has 0 bridgehead atoms. The summed E-state index contributed by atoms with van der Waals surface area (Å²) in [7, 11) is 0. The third-order valence-electron chi connectivity index (χ3n) is 2.49. The standard InChI is InChI=1S/C11H14BrNO/c12-10-3-1-2-4-11(10)14-6-5-9-7-13-8-9/h1-4,9,13H,5-8H2. The first-order valence-corrected chi connectivity index (χ1v) is 5.73. The van der Waals surface area contributed by atoms with Crippen LogP contribution in [0.4, 0.5) is 0 Å². The summed E-state index contributed by atoms with van der Waals surface area (Å²) in [5, 5.41) is 3.26. The quantitative estimate of drug-likeness (QED) is 0.893. The molecule has 2 nitrogen and oxygen atoms in total. The Hall–Kier alpha value is -0.540. The maximum absolute atomic E-state index is 5.67. The molecule has 76 valence electrons. The van der Waals surface area contributed by atoms with Crippen molar-refractivity contribution in [1.29, 1.82) is 0 Å². The lowest BCUT2D eigenvalue weighted by Gasteiger charge is -2.26. The van der Waals surface area contributed by atoms with Crippen molar-refractivity contribution < 1.29 is 4.74 Å². The second-order valence-electron chi connectivity index (χ2n) is 3.59. The Labute approximate surface area is 92.8 Å². The molecule has 0 aromatic heterocycles.